The van der Waals surface area contributed by atoms with E-state index < -0.39 is 0 Å². The molecule has 2 aromatic rings. The molecule has 0 aliphatic carbocycles. The van der Waals surface area contributed by atoms with Gasteiger partial charge in [0.05, 0.1) is 7.11 Å². The Bertz CT molecular complexity index is 800. The minimum absolute atomic E-state index is 0.122. The lowest BCUT2D eigenvalue weighted by Gasteiger charge is -2.48. The first-order valence-electron chi connectivity index (χ1n) is 9.45. The van der Waals surface area contributed by atoms with Crippen LogP contribution < -0.4 is 9.64 Å². The number of carbonyl (C=O) groups excluding carboxylic acids is 1. The number of hydrogen-bond donors (Lipinski definition) is 0. The number of carbonyl (C=O) groups is 1. The average Bonchev–Trinajstić information content (AvgIpc) is 2.72. The van der Waals surface area contributed by atoms with E-state index in [1.165, 1.54) is 0 Å². The molecule has 0 bridgehead atoms. The van der Waals surface area contributed by atoms with Gasteiger partial charge in [-0.25, -0.2) is 9.97 Å². The quantitative estimate of drug-likeness (QED) is 0.826. The molecule has 4 rings (SSSR count). The van der Waals surface area contributed by atoms with Gasteiger partial charge in [0.25, 0.3) is 0 Å². The van der Waals surface area contributed by atoms with Crippen LogP contribution in [0.15, 0.2) is 36.9 Å². The van der Waals surface area contributed by atoms with Crippen LogP contribution in [0.3, 0.4) is 0 Å². The summed E-state index contributed by atoms with van der Waals surface area (Å²) in [4.78, 5) is 29.5. The van der Waals surface area contributed by atoms with Crippen LogP contribution in [0.25, 0.3) is 0 Å². The normalized spacial score (nSPS) is 22.9. The second-order valence-corrected chi connectivity index (χ2v) is 7.55. The van der Waals surface area contributed by atoms with Gasteiger partial charge in [0.15, 0.2) is 0 Å². The molecular weight excluding hydrogens is 342 g/mol. The molecule has 7 heteroatoms. The van der Waals surface area contributed by atoms with Crippen LogP contribution in [-0.4, -0.2) is 52.5 Å². The highest BCUT2D eigenvalue weighted by Crippen LogP contribution is 2.40. The third-order valence-electron chi connectivity index (χ3n) is 5.69. The van der Waals surface area contributed by atoms with Crippen LogP contribution in [0.1, 0.15) is 31.2 Å². The van der Waals surface area contributed by atoms with Crippen molar-refractivity contribution in [2.24, 2.45) is 5.41 Å². The van der Waals surface area contributed by atoms with Crippen molar-refractivity contribution in [2.45, 2.75) is 32.2 Å². The molecule has 2 aromatic heterocycles. The number of methoxy groups -OCH3 is 1. The highest BCUT2D eigenvalue weighted by molar-refractivity contribution is 5.77. The smallest absolute Gasteiger partial charge is 0.222 e. The fourth-order valence-electron chi connectivity index (χ4n) is 4.31. The summed E-state index contributed by atoms with van der Waals surface area (Å²) in [5.74, 6) is 1.73. The van der Waals surface area contributed by atoms with E-state index in [0.29, 0.717) is 18.8 Å². The largest absolute Gasteiger partial charge is 0.481 e. The number of nitrogens with zero attached hydrogens (tertiary/aromatic N) is 5. The van der Waals surface area contributed by atoms with E-state index in [1.54, 1.807) is 25.8 Å². The molecular formula is C20H25N5O2. The zero-order chi connectivity index (χ0) is 18.7. The van der Waals surface area contributed by atoms with E-state index in [0.717, 1.165) is 50.3 Å². The third-order valence-corrected chi connectivity index (χ3v) is 5.69. The first-order chi connectivity index (χ1) is 13.2. The van der Waals surface area contributed by atoms with E-state index >= 15 is 0 Å². The molecule has 0 radical (unpaired) electrons. The summed E-state index contributed by atoms with van der Waals surface area (Å²) in [7, 11) is 1.62. The number of amides is 1. The van der Waals surface area contributed by atoms with Gasteiger partial charge in [-0.15, -0.1) is 0 Å². The number of likely N-dealkylation sites (tertiary alicyclic amines) is 1. The molecule has 1 amide bonds. The van der Waals surface area contributed by atoms with Gasteiger partial charge in [0.1, 0.15) is 12.1 Å². The van der Waals surface area contributed by atoms with Gasteiger partial charge in [-0.05, 0) is 37.0 Å². The van der Waals surface area contributed by atoms with Crippen molar-refractivity contribution < 1.29 is 9.53 Å². The van der Waals surface area contributed by atoms with Crippen molar-refractivity contribution in [3.8, 4) is 5.88 Å². The summed E-state index contributed by atoms with van der Waals surface area (Å²) in [6, 6.07) is 5.85. The zero-order valence-electron chi connectivity index (χ0n) is 15.7. The summed E-state index contributed by atoms with van der Waals surface area (Å²) >= 11 is 0. The van der Waals surface area contributed by atoms with Gasteiger partial charge in [0.2, 0.25) is 11.8 Å². The van der Waals surface area contributed by atoms with E-state index in [4.69, 9.17) is 4.74 Å². The Hall–Kier alpha value is -2.70. The van der Waals surface area contributed by atoms with E-state index in [-0.39, 0.29) is 11.3 Å². The van der Waals surface area contributed by atoms with Crippen molar-refractivity contribution in [3.05, 3.63) is 42.5 Å². The Morgan fingerprint density at radius 2 is 2.04 bits per heavy atom. The zero-order valence-corrected chi connectivity index (χ0v) is 15.7. The van der Waals surface area contributed by atoms with Crippen molar-refractivity contribution in [1.82, 2.24) is 19.9 Å². The van der Waals surface area contributed by atoms with Crippen molar-refractivity contribution in [2.75, 3.05) is 31.6 Å². The van der Waals surface area contributed by atoms with Crippen LogP contribution in [-0.2, 0) is 11.3 Å². The maximum absolute atomic E-state index is 12.5. The molecule has 2 saturated heterocycles. The lowest BCUT2D eigenvalue weighted by molar-refractivity contribution is -0.138. The molecule has 1 unspecified atom stereocenters. The van der Waals surface area contributed by atoms with Gasteiger partial charge in [-0.1, -0.05) is 0 Å². The molecule has 27 heavy (non-hydrogen) atoms. The molecule has 2 aliphatic heterocycles. The highest BCUT2D eigenvalue weighted by Gasteiger charge is 2.42. The van der Waals surface area contributed by atoms with Crippen LogP contribution in [0.4, 0.5) is 5.82 Å². The minimum Gasteiger partial charge on any atom is -0.481 e. The maximum atomic E-state index is 12.5. The number of pyridine rings is 1. The molecule has 1 atom stereocenters. The first kappa shape index (κ1) is 17.7. The number of piperidine rings is 2. The van der Waals surface area contributed by atoms with Gasteiger partial charge < -0.3 is 14.5 Å². The summed E-state index contributed by atoms with van der Waals surface area (Å²) in [6.45, 7) is 3.34. The van der Waals surface area contributed by atoms with Gasteiger partial charge in [-0.3, -0.25) is 9.78 Å². The van der Waals surface area contributed by atoms with Gasteiger partial charge >= 0.3 is 0 Å². The Morgan fingerprint density at radius 1 is 1.19 bits per heavy atom. The standard InChI is InChI=1S/C20H25N5O2/c1-27-18-11-17(22-15-23-18)24-10-2-6-20(13-24)7-3-19(26)25(14-20)12-16-4-8-21-9-5-16/h4-5,8-9,11,15H,2-3,6-7,10,12-14H2,1H3. The van der Waals surface area contributed by atoms with Gasteiger partial charge in [0, 0.05) is 56.5 Å². The van der Waals surface area contributed by atoms with Crippen LogP contribution in [0, 0.1) is 5.41 Å². The predicted molar refractivity (Wildman–Crippen MR) is 101 cm³/mol. The molecule has 2 aliphatic rings. The molecule has 1 spiro atoms. The minimum atomic E-state index is 0.122. The second-order valence-electron chi connectivity index (χ2n) is 7.55. The topological polar surface area (TPSA) is 71.5 Å². The van der Waals surface area contributed by atoms with Gasteiger partial charge in [-0.2, -0.15) is 0 Å². The number of rotatable bonds is 4. The molecule has 0 N–H and O–H groups in total. The number of hydrogen-bond acceptors (Lipinski definition) is 6. The Kier molecular flexibility index (Phi) is 4.92. The molecule has 0 saturated carbocycles. The lowest BCUT2D eigenvalue weighted by atomic mass is 9.73. The Labute approximate surface area is 159 Å². The van der Waals surface area contributed by atoms with Crippen molar-refractivity contribution in [1.29, 1.82) is 0 Å². The van der Waals surface area contributed by atoms with Crippen LogP contribution in [0.5, 0.6) is 5.88 Å². The summed E-state index contributed by atoms with van der Waals surface area (Å²) < 4.78 is 5.24. The molecule has 7 nitrogen and oxygen atoms in total. The molecule has 2 fully saturated rings. The van der Waals surface area contributed by atoms with Crippen molar-refractivity contribution >= 4 is 11.7 Å². The molecule has 142 valence electrons. The lowest BCUT2D eigenvalue weighted by Crippen LogP contribution is -2.54. The van der Waals surface area contributed by atoms with Crippen LogP contribution in [0.2, 0.25) is 0 Å². The third kappa shape index (κ3) is 3.86. The summed E-state index contributed by atoms with van der Waals surface area (Å²) in [5, 5.41) is 0. The Morgan fingerprint density at radius 3 is 2.85 bits per heavy atom. The van der Waals surface area contributed by atoms with E-state index in [1.807, 2.05) is 23.1 Å². The SMILES string of the molecule is COc1cc(N2CCCC3(CCC(=O)N(Cc4ccncc4)C3)C2)ncn1. The fraction of sp³-hybridized carbons (Fsp3) is 0.500. The van der Waals surface area contributed by atoms with E-state index in [9.17, 15) is 4.79 Å². The Balaban J connectivity index is 1.50. The predicted octanol–water partition coefficient (Wildman–Crippen LogP) is 2.29. The van der Waals surface area contributed by atoms with E-state index in [2.05, 4.69) is 19.9 Å². The fourth-order valence-corrected chi connectivity index (χ4v) is 4.31. The second kappa shape index (κ2) is 7.50. The first-order valence-corrected chi connectivity index (χ1v) is 9.45. The number of anilines is 1. The molecule has 0 aromatic carbocycles. The van der Waals surface area contributed by atoms with Crippen LogP contribution >= 0.6 is 0 Å². The summed E-state index contributed by atoms with van der Waals surface area (Å²) in [5.41, 5.74) is 1.25. The van der Waals surface area contributed by atoms with Crippen molar-refractivity contribution in [3.63, 3.8) is 0 Å². The maximum Gasteiger partial charge on any atom is 0.222 e. The summed E-state index contributed by atoms with van der Waals surface area (Å²) in [6.07, 6.45) is 8.92. The average molecular weight is 367 g/mol. The number of ether oxygens (including phenoxy) is 1. The molecule has 4 heterocycles. The monoisotopic (exact) mass is 367 g/mol. The highest BCUT2D eigenvalue weighted by atomic mass is 16.5. The number of aromatic nitrogens is 3.